The van der Waals surface area contributed by atoms with Crippen LogP contribution < -0.4 is 5.32 Å². The number of carbonyl (C=O) groups excluding carboxylic acids is 2. The maximum absolute atomic E-state index is 13.0. The molecule has 7 heteroatoms. The highest BCUT2D eigenvalue weighted by molar-refractivity contribution is 5.72. The van der Waals surface area contributed by atoms with Crippen molar-refractivity contribution >= 4 is 12.1 Å². The number of ether oxygens (including phenoxy) is 3. The molecular weight excluding hydrogens is 372 g/mol. The molecule has 1 aromatic carbocycles. The van der Waals surface area contributed by atoms with Gasteiger partial charge in [0.2, 0.25) is 0 Å². The van der Waals surface area contributed by atoms with Crippen LogP contribution in [-0.4, -0.2) is 53.6 Å². The molecule has 1 amide bonds. The molecule has 2 atom stereocenters. The summed E-state index contributed by atoms with van der Waals surface area (Å²) in [5, 5.41) is 3.42. The topological polar surface area (TPSA) is 77.1 Å². The molecule has 0 saturated carbocycles. The van der Waals surface area contributed by atoms with E-state index < -0.39 is 17.4 Å². The molecule has 1 aromatic rings. The van der Waals surface area contributed by atoms with E-state index >= 15 is 0 Å². The van der Waals surface area contributed by atoms with Crippen molar-refractivity contribution in [1.82, 2.24) is 10.2 Å². The Hall–Kier alpha value is -2.12. The van der Waals surface area contributed by atoms with Gasteiger partial charge in [0.15, 0.2) is 0 Å². The van der Waals surface area contributed by atoms with Crippen molar-refractivity contribution in [1.29, 1.82) is 0 Å². The number of amides is 1. The zero-order chi connectivity index (χ0) is 21.7. The maximum atomic E-state index is 13.0. The van der Waals surface area contributed by atoms with Crippen LogP contribution in [0.15, 0.2) is 30.3 Å². The van der Waals surface area contributed by atoms with Gasteiger partial charge in [-0.1, -0.05) is 30.3 Å². The zero-order valence-corrected chi connectivity index (χ0v) is 18.4. The molecule has 162 valence electrons. The molecule has 0 aromatic heterocycles. The first-order valence-corrected chi connectivity index (χ1v) is 10.1. The lowest BCUT2D eigenvalue weighted by Gasteiger charge is -2.37. The molecule has 29 heavy (non-hydrogen) atoms. The maximum Gasteiger partial charge on any atom is 0.412 e. The minimum atomic E-state index is -0.839. The summed E-state index contributed by atoms with van der Waals surface area (Å²) in [6.07, 6.45) is -0.329. The summed E-state index contributed by atoms with van der Waals surface area (Å²) in [6.45, 7) is 12.1. The zero-order valence-electron chi connectivity index (χ0n) is 18.4. The van der Waals surface area contributed by atoms with E-state index in [0.717, 1.165) is 5.56 Å². The summed E-state index contributed by atoms with van der Waals surface area (Å²) in [6, 6.07) is 9.19. The molecule has 0 aliphatic carbocycles. The van der Waals surface area contributed by atoms with Gasteiger partial charge in [-0.25, -0.2) is 4.79 Å². The van der Waals surface area contributed by atoms with Gasteiger partial charge in [0.05, 0.1) is 25.7 Å². The predicted octanol–water partition coefficient (Wildman–Crippen LogP) is 3.47. The van der Waals surface area contributed by atoms with Crippen molar-refractivity contribution in [2.24, 2.45) is 0 Å². The van der Waals surface area contributed by atoms with Crippen LogP contribution in [-0.2, 0) is 25.5 Å². The van der Waals surface area contributed by atoms with Crippen molar-refractivity contribution in [3.05, 3.63) is 35.9 Å². The second-order valence-electron chi connectivity index (χ2n) is 8.66. The third-order valence-corrected chi connectivity index (χ3v) is 4.68. The van der Waals surface area contributed by atoms with Crippen LogP contribution in [0.4, 0.5) is 4.79 Å². The molecule has 7 nitrogen and oxygen atoms in total. The van der Waals surface area contributed by atoms with Gasteiger partial charge in [-0.15, -0.1) is 0 Å². The minimum Gasteiger partial charge on any atom is -0.466 e. The molecule has 1 N–H and O–H groups in total. The normalized spacial score (nSPS) is 19.7. The van der Waals surface area contributed by atoms with Gasteiger partial charge < -0.3 is 19.5 Å². The summed E-state index contributed by atoms with van der Waals surface area (Å²) in [7, 11) is 0. The number of benzene rings is 1. The molecule has 1 aliphatic heterocycles. The second-order valence-corrected chi connectivity index (χ2v) is 8.66. The summed E-state index contributed by atoms with van der Waals surface area (Å²) in [4.78, 5) is 26.8. The highest BCUT2D eigenvalue weighted by Crippen LogP contribution is 2.32. The van der Waals surface area contributed by atoms with Crippen LogP contribution in [0.2, 0.25) is 0 Å². The van der Waals surface area contributed by atoms with Crippen LogP contribution in [0.5, 0.6) is 0 Å². The van der Waals surface area contributed by atoms with Gasteiger partial charge in [-0.3, -0.25) is 9.69 Å². The molecule has 1 fully saturated rings. The number of carbonyl (C=O) groups is 2. The van der Waals surface area contributed by atoms with E-state index in [1.54, 1.807) is 11.8 Å². The Balaban J connectivity index is 2.23. The fraction of sp³-hybridized carbons (Fsp3) is 0.636. The molecule has 1 saturated heterocycles. The molecule has 0 spiro atoms. The lowest BCUT2D eigenvalue weighted by Crippen LogP contribution is -2.56. The summed E-state index contributed by atoms with van der Waals surface area (Å²) < 4.78 is 16.7. The van der Waals surface area contributed by atoms with Crippen molar-refractivity contribution in [2.45, 2.75) is 77.9 Å². The Kier molecular flexibility index (Phi) is 7.66. The molecular formula is C22H34N2O5. The van der Waals surface area contributed by atoms with Gasteiger partial charge in [0.1, 0.15) is 11.3 Å². The Labute approximate surface area is 173 Å². The Morgan fingerprint density at radius 1 is 1.28 bits per heavy atom. The van der Waals surface area contributed by atoms with Crippen LogP contribution in [0, 0.1) is 0 Å². The summed E-state index contributed by atoms with van der Waals surface area (Å²) in [5.74, 6) is -0.313. The van der Waals surface area contributed by atoms with Gasteiger partial charge in [0.25, 0.3) is 0 Å². The summed E-state index contributed by atoms with van der Waals surface area (Å²) in [5.41, 5.74) is -0.383. The van der Waals surface area contributed by atoms with E-state index in [-0.39, 0.29) is 24.5 Å². The molecule has 2 rings (SSSR count). The van der Waals surface area contributed by atoms with Crippen molar-refractivity contribution in [3.63, 3.8) is 0 Å². The number of hydrogen-bond donors (Lipinski definition) is 1. The molecule has 1 aliphatic rings. The Morgan fingerprint density at radius 2 is 1.93 bits per heavy atom. The largest absolute Gasteiger partial charge is 0.466 e. The van der Waals surface area contributed by atoms with Crippen molar-refractivity contribution in [3.8, 4) is 0 Å². The quantitative estimate of drug-likeness (QED) is 0.699. The first kappa shape index (κ1) is 23.2. The van der Waals surface area contributed by atoms with E-state index in [1.165, 1.54) is 0 Å². The number of nitrogens with one attached hydrogen (secondary N) is 1. The second kappa shape index (κ2) is 9.59. The number of hydrogen-bond acceptors (Lipinski definition) is 6. The Bertz CT molecular complexity index is 684. The number of esters is 1. The monoisotopic (exact) mass is 406 g/mol. The van der Waals surface area contributed by atoms with Crippen LogP contribution in [0.3, 0.4) is 0 Å². The average molecular weight is 407 g/mol. The fourth-order valence-electron chi connectivity index (χ4n) is 3.38. The average Bonchev–Trinajstić information content (AvgIpc) is 2.93. The first-order chi connectivity index (χ1) is 13.5. The van der Waals surface area contributed by atoms with Gasteiger partial charge in [0, 0.05) is 12.6 Å². The fourth-order valence-corrected chi connectivity index (χ4v) is 3.38. The van der Waals surface area contributed by atoms with Crippen LogP contribution >= 0.6 is 0 Å². The molecule has 0 bridgehead atoms. The first-order valence-electron chi connectivity index (χ1n) is 10.1. The van der Waals surface area contributed by atoms with Gasteiger partial charge >= 0.3 is 12.1 Å². The number of rotatable bonds is 7. The lowest BCUT2D eigenvalue weighted by atomic mass is 10.0. The molecule has 2 unspecified atom stereocenters. The SMILES string of the molecule is CCOC(=O)CC(NCc1ccccc1)C1COC(C)(C)N1C(=O)OC(C)(C)C. The Morgan fingerprint density at radius 3 is 2.52 bits per heavy atom. The van der Waals surface area contributed by atoms with E-state index in [4.69, 9.17) is 14.2 Å². The highest BCUT2D eigenvalue weighted by atomic mass is 16.6. The van der Waals surface area contributed by atoms with Crippen LogP contribution in [0.25, 0.3) is 0 Å². The standard InChI is InChI=1S/C22H34N2O5/c1-7-27-19(25)13-17(23-14-16-11-9-8-10-12-16)18-15-28-22(5,6)24(18)20(26)29-21(2,3)4/h8-12,17-18,23H,7,13-15H2,1-6H3. The molecule has 1 heterocycles. The minimum absolute atomic E-state index is 0.129. The predicted molar refractivity (Wildman–Crippen MR) is 110 cm³/mol. The van der Waals surface area contributed by atoms with E-state index in [9.17, 15) is 9.59 Å². The summed E-state index contributed by atoms with van der Waals surface area (Å²) >= 11 is 0. The van der Waals surface area contributed by atoms with E-state index in [0.29, 0.717) is 19.8 Å². The van der Waals surface area contributed by atoms with Gasteiger partial charge in [-0.05, 0) is 47.1 Å². The number of nitrogens with zero attached hydrogens (tertiary/aromatic N) is 1. The van der Waals surface area contributed by atoms with E-state index in [1.807, 2.05) is 65.0 Å². The molecule has 0 radical (unpaired) electrons. The lowest BCUT2D eigenvalue weighted by molar-refractivity contribution is -0.144. The van der Waals surface area contributed by atoms with Crippen LogP contribution in [0.1, 0.15) is 53.5 Å². The van der Waals surface area contributed by atoms with Crippen molar-refractivity contribution < 1.29 is 23.8 Å². The van der Waals surface area contributed by atoms with E-state index in [2.05, 4.69) is 5.32 Å². The highest BCUT2D eigenvalue weighted by Gasteiger charge is 2.48. The van der Waals surface area contributed by atoms with Crippen molar-refractivity contribution in [2.75, 3.05) is 13.2 Å². The smallest absolute Gasteiger partial charge is 0.412 e. The third-order valence-electron chi connectivity index (χ3n) is 4.68. The van der Waals surface area contributed by atoms with Gasteiger partial charge in [-0.2, -0.15) is 0 Å². The third kappa shape index (κ3) is 6.72.